The summed E-state index contributed by atoms with van der Waals surface area (Å²) in [6.45, 7) is 0. The lowest BCUT2D eigenvalue weighted by atomic mass is 10.2. The van der Waals surface area contributed by atoms with E-state index in [1.165, 1.54) is 36.0 Å². The molecule has 3 aromatic rings. The van der Waals surface area contributed by atoms with Gasteiger partial charge in [0, 0.05) is 11.3 Å². The Labute approximate surface area is 154 Å². The van der Waals surface area contributed by atoms with Gasteiger partial charge >= 0.3 is 0 Å². The van der Waals surface area contributed by atoms with Gasteiger partial charge in [0.1, 0.15) is 0 Å². The summed E-state index contributed by atoms with van der Waals surface area (Å²) in [4.78, 5) is 16.3. The Hall–Kier alpha value is -2.69. The number of thioether (sulfide) groups is 1. The van der Waals surface area contributed by atoms with Crippen LogP contribution in [0.15, 0.2) is 64.6 Å². The highest BCUT2D eigenvalue weighted by molar-refractivity contribution is 7.99. The number of benzene rings is 2. The summed E-state index contributed by atoms with van der Waals surface area (Å²) in [7, 11) is -3.75. The Balaban J connectivity index is 1.55. The van der Waals surface area contributed by atoms with Crippen LogP contribution in [0.1, 0.15) is 0 Å². The fourth-order valence-electron chi connectivity index (χ4n) is 2.09. The van der Waals surface area contributed by atoms with Crippen LogP contribution in [0.25, 0.3) is 11.4 Å². The van der Waals surface area contributed by atoms with E-state index in [2.05, 4.69) is 20.5 Å². The molecule has 0 atom stereocenters. The number of anilines is 1. The normalized spacial score (nSPS) is 11.3. The second-order valence-corrected chi connectivity index (χ2v) is 7.74. The van der Waals surface area contributed by atoms with E-state index in [1.54, 1.807) is 0 Å². The number of aromatic nitrogens is 3. The summed E-state index contributed by atoms with van der Waals surface area (Å²) >= 11 is 1.19. The standard InChI is InChI=1S/C16H15N5O3S2/c17-26(23,24)13-8-6-12(7-9-13)18-14(22)10-25-16-19-15(20-21-16)11-4-2-1-3-5-11/h1-9H,10H2,(H,18,22)(H2,17,23,24)(H,19,20,21). The number of hydrogen-bond acceptors (Lipinski definition) is 6. The van der Waals surface area contributed by atoms with Crippen LogP contribution in [-0.2, 0) is 14.8 Å². The first-order valence-electron chi connectivity index (χ1n) is 7.45. The van der Waals surface area contributed by atoms with Crippen molar-refractivity contribution in [2.75, 3.05) is 11.1 Å². The summed E-state index contributed by atoms with van der Waals surface area (Å²) in [6, 6.07) is 15.2. The molecule has 0 spiro atoms. The van der Waals surface area contributed by atoms with Crippen molar-refractivity contribution < 1.29 is 13.2 Å². The zero-order chi connectivity index (χ0) is 18.6. The summed E-state index contributed by atoms with van der Waals surface area (Å²) < 4.78 is 22.4. The maximum Gasteiger partial charge on any atom is 0.238 e. The largest absolute Gasteiger partial charge is 0.325 e. The van der Waals surface area contributed by atoms with Gasteiger partial charge in [-0.2, -0.15) is 0 Å². The van der Waals surface area contributed by atoms with E-state index in [1.807, 2.05) is 30.3 Å². The van der Waals surface area contributed by atoms with Gasteiger partial charge in [0.2, 0.25) is 21.1 Å². The van der Waals surface area contributed by atoms with Crippen molar-refractivity contribution in [1.82, 2.24) is 15.2 Å². The van der Waals surface area contributed by atoms with Gasteiger partial charge in [0.25, 0.3) is 0 Å². The molecule has 1 aromatic heterocycles. The summed E-state index contributed by atoms with van der Waals surface area (Å²) in [5.74, 6) is 0.486. The van der Waals surface area contributed by atoms with Gasteiger partial charge in [-0.3, -0.25) is 9.89 Å². The SMILES string of the molecule is NS(=O)(=O)c1ccc(NC(=O)CSc2n[nH]c(-c3ccccc3)n2)cc1. The molecule has 0 saturated heterocycles. The monoisotopic (exact) mass is 389 g/mol. The van der Waals surface area contributed by atoms with Gasteiger partial charge in [-0.1, -0.05) is 42.1 Å². The van der Waals surface area contributed by atoms with E-state index < -0.39 is 10.0 Å². The van der Waals surface area contributed by atoms with Crippen molar-refractivity contribution in [3.8, 4) is 11.4 Å². The number of hydrogen-bond donors (Lipinski definition) is 3. The van der Waals surface area contributed by atoms with Crippen LogP contribution in [0.3, 0.4) is 0 Å². The highest BCUT2D eigenvalue weighted by Crippen LogP contribution is 2.19. The molecule has 0 aliphatic rings. The van der Waals surface area contributed by atoms with E-state index in [0.717, 1.165) is 5.56 Å². The predicted octanol–water partition coefficient (Wildman–Crippen LogP) is 1.85. The van der Waals surface area contributed by atoms with Crippen LogP contribution in [0.4, 0.5) is 5.69 Å². The van der Waals surface area contributed by atoms with Crippen LogP contribution in [0, 0.1) is 0 Å². The molecule has 0 aliphatic heterocycles. The molecule has 0 saturated carbocycles. The fraction of sp³-hybridized carbons (Fsp3) is 0.0625. The van der Waals surface area contributed by atoms with E-state index >= 15 is 0 Å². The number of nitrogens with one attached hydrogen (secondary N) is 2. The van der Waals surface area contributed by atoms with Gasteiger partial charge < -0.3 is 5.32 Å². The molecule has 1 heterocycles. The molecule has 8 nitrogen and oxygen atoms in total. The fourth-order valence-corrected chi connectivity index (χ4v) is 3.21. The highest BCUT2D eigenvalue weighted by Gasteiger charge is 2.10. The molecule has 134 valence electrons. The smallest absolute Gasteiger partial charge is 0.238 e. The third-order valence-electron chi connectivity index (χ3n) is 3.31. The molecule has 0 bridgehead atoms. The lowest BCUT2D eigenvalue weighted by Crippen LogP contribution is -2.15. The van der Waals surface area contributed by atoms with Crippen LogP contribution >= 0.6 is 11.8 Å². The second-order valence-electron chi connectivity index (χ2n) is 5.24. The molecule has 2 aromatic carbocycles. The summed E-state index contributed by atoms with van der Waals surface area (Å²) in [5, 5.41) is 15.1. The van der Waals surface area contributed by atoms with E-state index in [0.29, 0.717) is 16.7 Å². The molecule has 3 rings (SSSR count). The Morgan fingerprint density at radius 1 is 1.12 bits per heavy atom. The molecular formula is C16H15N5O3S2. The summed E-state index contributed by atoms with van der Waals surface area (Å²) in [6.07, 6.45) is 0. The molecular weight excluding hydrogens is 374 g/mol. The lowest BCUT2D eigenvalue weighted by Gasteiger charge is -2.05. The summed E-state index contributed by atoms with van der Waals surface area (Å²) in [5.41, 5.74) is 1.38. The van der Waals surface area contributed by atoms with Crippen LogP contribution in [0.5, 0.6) is 0 Å². The predicted molar refractivity (Wildman–Crippen MR) is 99.0 cm³/mol. The average Bonchev–Trinajstić information content (AvgIpc) is 3.09. The molecule has 10 heteroatoms. The van der Waals surface area contributed by atoms with Gasteiger partial charge in [0.05, 0.1) is 10.6 Å². The molecule has 1 amide bonds. The number of aromatic amines is 1. The highest BCUT2D eigenvalue weighted by atomic mass is 32.2. The minimum absolute atomic E-state index is 0.0148. The molecule has 4 N–H and O–H groups in total. The van der Waals surface area contributed by atoms with Crippen LogP contribution < -0.4 is 10.5 Å². The minimum Gasteiger partial charge on any atom is -0.325 e. The molecule has 0 unspecified atom stereocenters. The van der Waals surface area contributed by atoms with Crippen molar-refractivity contribution in [2.24, 2.45) is 5.14 Å². The van der Waals surface area contributed by atoms with Gasteiger partial charge in [-0.25, -0.2) is 18.5 Å². The Bertz CT molecular complexity index is 1000. The first-order valence-corrected chi connectivity index (χ1v) is 9.98. The Morgan fingerprint density at radius 3 is 2.46 bits per heavy atom. The number of amides is 1. The quantitative estimate of drug-likeness (QED) is 0.552. The molecule has 0 radical (unpaired) electrons. The van der Waals surface area contributed by atoms with Crippen LogP contribution in [0.2, 0.25) is 0 Å². The van der Waals surface area contributed by atoms with Crippen LogP contribution in [-0.4, -0.2) is 35.3 Å². The topological polar surface area (TPSA) is 131 Å². The Morgan fingerprint density at radius 2 is 1.81 bits per heavy atom. The van der Waals surface area contributed by atoms with Crippen molar-refractivity contribution in [1.29, 1.82) is 0 Å². The lowest BCUT2D eigenvalue weighted by molar-refractivity contribution is -0.113. The minimum atomic E-state index is -3.75. The maximum absolute atomic E-state index is 12.0. The van der Waals surface area contributed by atoms with Crippen molar-refractivity contribution >= 4 is 33.4 Å². The zero-order valence-corrected chi connectivity index (χ0v) is 15.0. The van der Waals surface area contributed by atoms with Gasteiger partial charge in [0.15, 0.2) is 5.82 Å². The van der Waals surface area contributed by atoms with E-state index in [4.69, 9.17) is 5.14 Å². The Kier molecular flexibility index (Phi) is 5.35. The van der Waals surface area contributed by atoms with Crippen molar-refractivity contribution in [3.05, 3.63) is 54.6 Å². The first kappa shape index (κ1) is 18.1. The molecule has 0 aliphatic carbocycles. The second kappa shape index (κ2) is 7.68. The third-order valence-corrected chi connectivity index (χ3v) is 5.09. The van der Waals surface area contributed by atoms with Crippen molar-refractivity contribution in [3.63, 3.8) is 0 Å². The number of nitrogens with two attached hydrogens (primary N) is 1. The first-order chi connectivity index (χ1) is 12.4. The van der Waals surface area contributed by atoms with Crippen molar-refractivity contribution in [2.45, 2.75) is 10.1 Å². The van der Waals surface area contributed by atoms with E-state index in [-0.39, 0.29) is 16.6 Å². The number of nitrogens with zero attached hydrogens (tertiary/aromatic N) is 2. The maximum atomic E-state index is 12.0. The third kappa shape index (κ3) is 4.69. The molecule has 0 fully saturated rings. The molecule has 26 heavy (non-hydrogen) atoms. The number of H-pyrrole nitrogens is 1. The average molecular weight is 389 g/mol. The van der Waals surface area contributed by atoms with Gasteiger partial charge in [-0.05, 0) is 24.3 Å². The van der Waals surface area contributed by atoms with Gasteiger partial charge in [-0.15, -0.1) is 5.10 Å². The number of carbonyl (C=O) groups is 1. The van der Waals surface area contributed by atoms with E-state index in [9.17, 15) is 13.2 Å². The number of rotatable bonds is 6. The number of sulfonamides is 1. The zero-order valence-electron chi connectivity index (χ0n) is 13.4. The number of primary sulfonamides is 1. The number of carbonyl (C=O) groups excluding carboxylic acids is 1.